The number of hydrogen-bond donors (Lipinski definition) is 0. The average molecular weight is 265 g/mol. The molecule has 0 spiro atoms. The van der Waals surface area contributed by atoms with Gasteiger partial charge in [-0.1, -0.05) is 0 Å². The van der Waals surface area contributed by atoms with Gasteiger partial charge >= 0.3 is 0 Å². The molecule has 100 valence electrons. The maximum absolute atomic E-state index is 13.6. The highest BCUT2D eigenvalue weighted by atomic mass is 19.1. The van der Waals surface area contributed by atoms with Crippen LogP contribution in [-0.4, -0.2) is 17.9 Å². The minimum Gasteiger partial charge on any atom is -0.467 e. The summed E-state index contributed by atoms with van der Waals surface area (Å²) in [6, 6.07) is 5.99. The Balaban J connectivity index is 2.24. The van der Waals surface area contributed by atoms with Crippen LogP contribution in [-0.2, 0) is 0 Å². The highest BCUT2D eigenvalue weighted by molar-refractivity contribution is 5.94. The Hall–Kier alpha value is -2.17. The van der Waals surface area contributed by atoms with Crippen molar-refractivity contribution in [1.82, 2.24) is 4.90 Å². The summed E-state index contributed by atoms with van der Waals surface area (Å²) in [4.78, 5) is 13.5. The van der Waals surface area contributed by atoms with E-state index in [4.69, 9.17) is 4.42 Å². The minimum atomic E-state index is -0.872. The Kier molecular flexibility index (Phi) is 3.64. The highest BCUT2D eigenvalue weighted by Gasteiger charge is 2.23. The molecule has 0 saturated heterocycles. The highest BCUT2D eigenvalue weighted by Crippen LogP contribution is 2.22. The fourth-order valence-electron chi connectivity index (χ4n) is 1.75. The predicted octanol–water partition coefficient (Wildman–Crippen LogP) is 3.39. The van der Waals surface area contributed by atoms with Gasteiger partial charge in [0.05, 0.1) is 17.9 Å². The van der Waals surface area contributed by atoms with Crippen molar-refractivity contribution < 1.29 is 18.0 Å². The molecule has 0 aliphatic rings. The number of nitrogens with zero attached hydrogens (tertiary/aromatic N) is 1. The van der Waals surface area contributed by atoms with Crippen LogP contribution in [0.1, 0.15) is 29.1 Å². The van der Waals surface area contributed by atoms with Gasteiger partial charge in [-0.05, 0) is 31.2 Å². The lowest BCUT2D eigenvalue weighted by atomic mass is 10.1. The van der Waals surface area contributed by atoms with Gasteiger partial charge in [-0.25, -0.2) is 8.78 Å². The molecule has 0 aliphatic carbocycles. The van der Waals surface area contributed by atoms with E-state index in [0.717, 1.165) is 12.1 Å². The Morgan fingerprint density at radius 1 is 1.32 bits per heavy atom. The minimum absolute atomic E-state index is 0.165. The van der Waals surface area contributed by atoms with Crippen molar-refractivity contribution in [1.29, 1.82) is 0 Å². The molecule has 0 bridgehead atoms. The monoisotopic (exact) mass is 265 g/mol. The van der Waals surface area contributed by atoms with Gasteiger partial charge in [-0.2, -0.15) is 0 Å². The summed E-state index contributed by atoms with van der Waals surface area (Å²) >= 11 is 0. The van der Waals surface area contributed by atoms with Crippen LogP contribution in [0.5, 0.6) is 0 Å². The number of rotatable bonds is 3. The third-order valence-electron chi connectivity index (χ3n) is 3.02. The molecule has 19 heavy (non-hydrogen) atoms. The number of hydrogen-bond acceptors (Lipinski definition) is 2. The normalized spacial score (nSPS) is 12.2. The lowest BCUT2D eigenvalue weighted by molar-refractivity contribution is 0.0721. The number of carbonyl (C=O) groups excluding carboxylic acids is 1. The summed E-state index contributed by atoms with van der Waals surface area (Å²) < 4.78 is 31.6. The van der Waals surface area contributed by atoms with Crippen molar-refractivity contribution in [3.05, 3.63) is 59.6 Å². The van der Waals surface area contributed by atoms with Gasteiger partial charge in [0.2, 0.25) is 0 Å². The molecule has 2 rings (SSSR count). The van der Waals surface area contributed by atoms with E-state index in [-0.39, 0.29) is 11.6 Å². The van der Waals surface area contributed by atoms with Gasteiger partial charge < -0.3 is 9.32 Å². The largest absolute Gasteiger partial charge is 0.467 e. The summed E-state index contributed by atoms with van der Waals surface area (Å²) in [6.07, 6.45) is 1.50. The summed E-state index contributed by atoms with van der Waals surface area (Å²) in [7, 11) is 1.54. The number of halogens is 2. The van der Waals surface area contributed by atoms with Gasteiger partial charge in [0, 0.05) is 13.1 Å². The fraction of sp³-hybridized carbons (Fsp3) is 0.214. The first-order valence-corrected chi connectivity index (χ1v) is 5.76. The molecule has 1 heterocycles. The van der Waals surface area contributed by atoms with E-state index in [1.54, 1.807) is 19.1 Å². The first-order valence-electron chi connectivity index (χ1n) is 5.76. The van der Waals surface area contributed by atoms with E-state index in [9.17, 15) is 13.6 Å². The van der Waals surface area contributed by atoms with Crippen LogP contribution in [0, 0.1) is 11.6 Å². The Bertz CT molecular complexity index is 581. The van der Waals surface area contributed by atoms with Crippen molar-refractivity contribution in [3.8, 4) is 0 Å². The third-order valence-corrected chi connectivity index (χ3v) is 3.02. The quantitative estimate of drug-likeness (QED) is 0.852. The van der Waals surface area contributed by atoms with Crippen LogP contribution in [0.25, 0.3) is 0 Å². The first-order chi connectivity index (χ1) is 9.00. The van der Waals surface area contributed by atoms with E-state index in [2.05, 4.69) is 0 Å². The van der Waals surface area contributed by atoms with Crippen LogP contribution in [0.4, 0.5) is 8.78 Å². The maximum atomic E-state index is 13.6. The Morgan fingerprint density at radius 2 is 2.05 bits per heavy atom. The van der Waals surface area contributed by atoms with Crippen molar-refractivity contribution in [2.24, 2.45) is 0 Å². The molecule has 5 heteroatoms. The second-order valence-electron chi connectivity index (χ2n) is 4.23. The molecule has 0 saturated carbocycles. The van der Waals surface area contributed by atoms with Crippen LogP contribution >= 0.6 is 0 Å². The molecule has 1 aromatic heterocycles. The van der Waals surface area contributed by atoms with Gasteiger partial charge in [-0.3, -0.25) is 4.79 Å². The number of carbonyl (C=O) groups is 1. The van der Waals surface area contributed by atoms with Gasteiger partial charge in [0.15, 0.2) is 0 Å². The Labute approximate surface area is 109 Å². The molecule has 2 aromatic rings. The van der Waals surface area contributed by atoms with Crippen molar-refractivity contribution >= 4 is 5.91 Å². The topological polar surface area (TPSA) is 33.5 Å². The second kappa shape index (κ2) is 5.22. The molecule has 1 amide bonds. The van der Waals surface area contributed by atoms with Crippen molar-refractivity contribution in [2.45, 2.75) is 13.0 Å². The number of furan rings is 1. The predicted molar refractivity (Wildman–Crippen MR) is 65.6 cm³/mol. The Morgan fingerprint density at radius 3 is 2.63 bits per heavy atom. The van der Waals surface area contributed by atoms with Gasteiger partial charge in [0.1, 0.15) is 17.4 Å². The van der Waals surface area contributed by atoms with E-state index >= 15 is 0 Å². The van der Waals surface area contributed by atoms with Crippen LogP contribution < -0.4 is 0 Å². The number of benzene rings is 1. The summed E-state index contributed by atoms with van der Waals surface area (Å²) in [5, 5.41) is 0. The van der Waals surface area contributed by atoms with E-state index in [1.807, 2.05) is 0 Å². The second-order valence-corrected chi connectivity index (χ2v) is 4.23. The molecule has 1 aromatic carbocycles. The van der Waals surface area contributed by atoms with Gasteiger partial charge in [-0.15, -0.1) is 0 Å². The van der Waals surface area contributed by atoms with E-state index < -0.39 is 17.5 Å². The zero-order valence-electron chi connectivity index (χ0n) is 10.6. The molecule has 3 nitrogen and oxygen atoms in total. The van der Waals surface area contributed by atoms with Crippen LogP contribution in [0.3, 0.4) is 0 Å². The summed E-state index contributed by atoms with van der Waals surface area (Å²) in [5.74, 6) is -1.51. The molecule has 0 aliphatic heterocycles. The fourth-order valence-corrected chi connectivity index (χ4v) is 1.75. The van der Waals surface area contributed by atoms with Crippen LogP contribution in [0.15, 0.2) is 41.0 Å². The molecular formula is C14H13F2NO2. The van der Waals surface area contributed by atoms with Gasteiger partial charge in [0.25, 0.3) is 5.91 Å². The number of amides is 1. The average Bonchev–Trinajstić information content (AvgIpc) is 2.90. The molecule has 0 radical (unpaired) electrons. The smallest absolute Gasteiger partial charge is 0.257 e. The van der Waals surface area contributed by atoms with Crippen LogP contribution in [0.2, 0.25) is 0 Å². The molecule has 1 atom stereocenters. The lowest BCUT2D eigenvalue weighted by Gasteiger charge is -2.23. The third kappa shape index (κ3) is 2.65. The molecular weight excluding hydrogens is 252 g/mol. The SMILES string of the molecule is CC(c1ccco1)N(C)C(=O)c1ccc(F)cc1F. The summed E-state index contributed by atoms with van der Waals surface area (Å²) in [5.41, 5.74) is -0.165. The first kappa shape index (κ1) is 13.3. The lowest BCUT2D eigenvalue weighted by Crippen LogP contribution is -2.30. The molecule has 1 unspecified atom stereocenters. The zero-order chi connectivity index (χ0) is 14.0. The van der Waals surface area contributed by atoms with Crippen molar-refractivity contribution in [3.63, 3.8) is 0 Å². The molecule has 0 fully saturated rings. The zero-order valence-corrected chi connectivity index (χ0v) is 10.6. The van der Waals surface area contributed by atoms with E-state index in [1.165, 1.54) is 18.2 Å². The summed E-state index contributed by atoms with van der Waals surface area (Å²) in [6.45, 7) is 1.76. The maximum Gasteiger partial charge on any atom is 0.257 e. The molecule has 0 N–H and O–H groups in total. The van der Waals surface area contributed by atoms with Crippen molar-refractivity contribution in [2.75, 3.05) is 7.05 Å². The standard InChI is InChI=1S/C14H13F2NO2/c1-9(13-4-3-7-19-13)17(2)14(18)11-6-5-10(15)8-12(11)16/h3-9H,1-2H3. The van der Waals surface area contributed by atoms with E-state index in [0.29, 0.717) is 11.8 Å².